The first-order chi connectivity index (χ1) is 14.5. The molecule has 0 fully saturated rings. The van der Waals surface area contributed by atoms with E-state index in [1.165, 1.54) is 4.90 Å². The summed E-state index contributed by atoms with van der Waals surface area (Å²) in [5.74, 6) is -0.800. The zero-order valence-corrected chi connectivity index (χ0v) is 17.0. The molecule has 0 aliphatic carbocycles. The highest BCUT2D eigenvalue weighted by Gasteiger charge is 2.35. The Morgan fingerprint density at radius 3 is 2.03 bits per heavy atom. The van der Waals surface area contributed by atoms with Crippen LogP contribution in [0.1, 0.15) is 42.2 Å². The summed E-state index contributed by atoms with van der Waals surface area (Å²) in [6, 6.07) is 21.7. The molecule has 1 heterocycles. The molecule has 5 nitrogen and oxygen atoms in total. The average molecular weight is 398 g/mol. The molecule has 4 rings (SSSR count). The number of nitrogens with zero attached hydrogens (tertiary/aromatic N) is 2. The van der Waals surface area contributed by atoms with Gasteiger partial charge in [0.25, 0.3) is 17.7 Å². The van der Waals surface area contributed by atoms with E-state index in [0.29, 0.717) is 16.7 Å². The van der Waals surface area contributed by atoms with Gasteiger partial charge in [0.2, 0.25) is 0 Å². The molecule has 0 aromatic heterocycles. The number of amides is 3. The molecule has 3 amide bonds. The molecule has 0 unspecified atom stereocenters. The van der Waals surface area contributed by atoms with Crippen LogP contribution in [-0.2, 0) is 0 Å². The predicted molar refractivity (Wildman–Crippen MR) is 116 cm³/mol. The molecular weight excluding hydrogens is 376 g/mol. The second-order valence-corrected chi connectivity index (χ2v) is 7.42. The Bertz CT molecular complexity index is 1100. The smallest absolute Gasteiger partial charge is 0.261 e. The average Bonchev–Trinajstić information content (AvgIpc) is 3.00. The quantitative estimate of drug-likeness (QED) is 0.604. The van der Waals surface area contributed by atoms with E-state index in [4.69, 9.17) is 0 Å². The molecule has 150 valence electrons. The van der Waals surface area contributed by atoms with Crippen LogP contribution in [0.3, 0.4) is 0 Å². The molecule has 1 aliphatic heterocycles. The summed E-state index contributed by atoms with van der Waals surface area (Å²) in [7, 11) is 0. The highest BCUT2D eigenvalue weighted by atomic mass is 16.2. The van der Waals surface area contributed by atoms with Gasteiger partial charge in [-0.05, 0) is 49.7 Å². The van der Waals surface area contributed by atoms with Gasteiger partial charge in [0.15, 0.2) is 0 Å². The topological polar surface area (TPSA) is 57.7 Å². The van der Waals surface area contributed by atoms with Crippen molar-refractivity contribution in [2.75, 3.05) is 18.0 Å². The third kappa shape index (κ3) is 3.50. The Morgan fingerprint density at radius 2 is 1.43 bits per heavy atom. The molecule has 3 aromatic rings. The number of benzene rings is 3. The van der Waals surface area contributed by atoms with Crippen molar-refractivity contribution in [2.24, 2.45) is 0 Å². The summed E-state index contributed by atoms with van der Waals surface area (Å²) in [5, 5.41) is 0. The standard InChI is InChI=1S/C25H22N2O3/c1-17-12-13-22(18(2)16-17)26(23(28)19-8-4-3-5-9-19)14-15-27-24(29)20-10-6-7-11-21(20)25(27)30/h3-13,16H,14-15H2,1-2H3. The number of hydrogen-bond donors (Lipinski definition) is 0. The third-order valence-corrected chi connectivity index (χ3v) is 5.33. The van der Waals surface area contributed by atoms with Gasteiger partial charge in [-0.3, -0.25) is 19.3 Å². The van der Waals surface area contributed by atoms with E-state index in [2.05, 4.69) is 0 Å². The minimum absolute atomic E-state index is 0.123. The lowest BCUT2D eigenvalue weighted by atomic mass is 10.1. The van der Waals surface area contributed by atoms with Crippen molar-refractivity contribution in [2.45, 2.75) is 13.8 Å². The maximum Gasteiger partial charge on any atom is 0.261 e. The number of carbonyl (C=O) groups excluding carboxylic acids is 3. The van der Waals surface area contributed by atoms with Crippen LogP contribution in [0.5, 0.6) is 0 Å². The second kappa shape index (κ2) is 7.95. The van der Waals surface area contributed by atoms with Crippen molar-refractivity contribution < 1.29 is 14.4 Å². The zero-order valence-electron chi connectivity index (χ0n) is 17.0. The summed E-state index contributed by atoms with van der Waals surface area (Å²) in [6.07, 6.45) is 0. The summed E-state index contributed by atoms with van der Waals surface area (Å²) < 4.78 is 0. The molecule has 0 bridgehead atoms. The minimum atomic E-state index is -0.316. The van der Waals surface area contributed by atoms with Crippen LogP contribution < -0.4 is 4.90 Å². The van der Waals surface area contributed by atoms with E-state index in [1.54, 1.807) is 41.3 Å². The minimum Gasteiger partial charge on any atom is -0.306 e. The fraction of sp³-hybridized carbons (Fsp3) is 0.160. The van der Waals surface area contributed by atoms with Crippen molar-refractivity contribution in [1.82, 2.24) is 4.90 Å². The number of imide groups is 1. The Balaban J connectivity index is 1.63. The lowest BCUT2D eigenvalue weighted by Crippen LogP contribution is -2.41. The van der Waals surface area contributed by atoms with Crippen LogP contribution in [0.15, 0.2) is 72.8 Å². The summed E-state index contributed by atoms with van der Waals surface area (Å²) >= 11 is 0. The second-order valence-electron chi connectivity index (χ2n) is 7.42. The van der Waals surface area contributed by atoms with Gasteiger partial charge in [-0.15, -0.1) is 0 Å². The third-order valence-electron chi connectivity index (χ3n) is 5.33. The Labute approximate surface area is 175 Å². The van der Waals surface area contributed by atoms with Crippen molar-refractivity contribution >= 4 is 23.4 Å². The number of aryl methyl sites for hydroxylation is 2. The first-order valence-electron chi connectivity index (χ1n) is 9.87. The van der Waals surface area contributed by atoms with E-state index in [9.17, 15) is 14.4 Å². The van der Waals surface area contributed by atoms with Gasteiger partial charge in [-0.25, -0.2) is 0 Å². The van der Waals surface area contributed by atoms with Crippen molar-refractivity contribution in [3.8, 4) is 0 Å². The molecule has 1 aliphatic rings. The molecule has 0 atom stereocenters. The van der Waals surface area contributed by atoms with Crippen molar-refractivity contribution in [3.63, 3.8) is 0 Å². The summed E-state index contributed by atoms with van der Waals surface area (Å²) in [5.41, 5.74) is 4.21. The Morgan fingerprint density at radius 1 is 0.833 bits per heavy atom. The monoisotopic (exact) mass is 398 g/mol. The molecule has 0 N–H and O–H groups in total. The van der Waals surface area contributed by atoms with Crippen LogP contribution >= 0.6 is 0 Å². The molecule has 0 saturated heterocycles. The molecule has 0 spiro atoms. The largest absolute Gasteiger partial charge is 0.306 e. The molecule has 0 radical (unpaired) electrons. The lowest BCUT2D eigenvalue weighted by molar-refractivity contribution is 0.0654. The van der Waals surface area contributed by atoms with E-state index in [1.807, 2.05) is 50.2 Å². The maximum atomic E-state index is 13.3. The molecule has 3 aromatic carbocycles. The first kappa shape index (κ1) is 19.6. The van der Waals surface area contributed by atoms with E-state index in [-0.39, 0.29) is 30.8 Å². The van der Waals surface area contributed by atoms with Crippen molar-refractivity contribution in [1.29, 1.82) is 0 Å². The van der Waals surface area contributed by atoms with Gasteiger partial charge < -0.3 is 4.90 Å². The van der Waals surface area contributed by atoms with Gasteiger partial charge in [0, 0.05) is 24.3 Å². The van der Waals surface area contributed by atoms with Crippen LogP contribution in [0.2, 0.25) is 0 Å². The number of hydrogen-bond acceptors (Lipinski definition) is 3. The first-order valence-corrected chi connectivity index (χ1v) is 9.87. The summed E-state index contributed by atoms with van der Waals surface area (Å²) in [6.45, 7) is 4.29. The highest BCUT2D eigenvalue weighted by molar-refractivity contribution is 6.21. The number of anilines is 1. The van der Waals surface area contributed by atoms with Crippen molar-refractivity contribution in [3.05, 3.63) is 101 Å². The SMILES string of the molecule is Cc1ccc(N(CCN2C(=O)c3ccccc3C2=O)C(=O)c2ccccc2)c(C)c1. The van der Waals surface area contributed by atoms with E-state index in [0.717, 1.165) is 16.8 Å². The van der Waals surface area contributed by atoms with Gasteiger partial charge in [0.05, 0.1) is 11.1 Å². The highest BCUT2D eigenvalue weighted by Crippen LogP contribution is 2.25. The number of rotatable bonds is 5. The van der Waals surface area contributed by atoms with Gasteiger partial charge in [-0.1, -0.05) is 48.0 Å². The molecular formula is C25H22N2O3. The Hall–Kier alpha value is -3.73. The Kier molecular flexibility index (Phi) is 5.19. The van der Waals surface area contributed by atoms with Gasteiger partial charge in [0.1, 0.15) is 0 Å². The van der Waals surface area contributed by atoms with Crippen LogP contribution in [0.25, 0.3) is 0 Å². The lowest BCUT2D eigenvalue weighted by Gasteiger charge is -2.27. The van der Waals surface area contributed by atoms with Gasteiger partial charge >= 0.3 is 0 Å². The van der Waals surface area contributed by atoms with Gasteiger partial charge in [-0.2, -0.15) is 0 Å². The summed E-state index contributed by atoms with van der Waals surface area (Å²) in [4.78, 5) is 41.6. The maximum absolute atomic E-state index is 13.3. The number of fused-ring (bicyclic) bond motifs is 1. The normalized spacial score (nSPS) is 12.8. The molecule has 0 saturated carbocycles. The molecule has 30 heavy (non-hydrogen) atoms. The van der Waals surface area contributed by atoms with Crippen LogP contribution in [0, 0.1) is 13.8 Å². The fourth-order valence-corrected chi connectivity index (χ4v) is 3.82. The van der Waals surface area contributed by atoms with Crippen LogP contribution in [0.4, 0.5) is 5.69 Å². The van der Waals surface area contributed by atoms with E-state index < -0.39 is 0 Å². The fourth-order valence-electron chi connectivity index (χ4n) is 3.82. The van der Waals surface area contributed by atoms with E-state index >= 15 is 0 Å². The predicted octanol–water partition coefficient (Wildman–Crippen LogP) is 4.25. The zero-order chi connectivity index (χ0) is 21.3. The number of carbonyl (C=O) groups is 3. The molecule has 5 heteroatoms. The van der Waals surface area contributed by atoms with Crippen LogP contribution in [-0.4, -0.2) is 35.7 Å².